The van der Waals surface area contributed by atoms with E-state index in [2.05, 4.69) is 49.9 Å². The number of carboxylic acid groups (broad SMARTS) is 1. The molecule has 0 saturated heterocycles. The Morgan fingerprint density at radius 3 is 2.48 bits per heavy atom. The number of benzene rings is 2. The molecule has 33 heavy (non-hydrogen) atoms. The topological polar surface area (TPSA) is 87.4 Å². The average molecular weight is 511 g/mol. The summed E-state index contributed by atoms with van der Waals surface area (Å²) >= 11 is 3.35. The first-order chi connectivity index (χ1) is 16.0. The van der Waals surface area contributed by atoms with Gasteiger partial charge in [0.05, 0.1) is 0 Å². The summed E-state index contributed by atoms with van der Waals surface area (Å²) in [6.07, 6.45) is 1.54. The first-order valence-electron chi connectivity index (χ1n) is 10.9. The Morgan fingerprint density at radius 1 is 1.09 bits per heavy atom. The third-order valence-electron chi connectivity index (χ3n) is 5.13. The molecule has 1 aromatic heterocycles. The highest BCUT2D eigenvalue weighted by molar-refractivity contribution is 9.10. The largest absolute Gasteiger partial charge is 0.479 e. The molecule has 0 saturated carbocycles. The summed E-state index contributed by atoms with van der Waals surface area (Å²) < 4.78 is 6.85. The number of rotatable bonds is 11. The molecule has 7 nitrogen and oxygen atoms in total. The number of aliphatic carboxylic acids is 1. The van der Waals surface area contributed by atoms with Gasteiger partial charge in [-0.05, 0) is 72.4 Å². The number of nitrogens with zero attached hydrogens (tertiary/aromatic N) is 4. The van der Waals surface area contributed by atoms with Crippen molar-refractivity contribution in [1.29, 1.82) is 0 Å². The second-order valence-electron chi connectivity index (χ2n) is 7.33. The Morgan fingerprint density at radius 2 is 1.85 bits per heavy atom. The minimum absolute atomic E-state index is 0.333. The smallest absolute Gasteiger partial charge is 0.344 e. The van der Waals surface area contributed by atoms with Crippen LogP contribution in [-0.2, 0) is 11.2 Å². The Bertz CT molecular complexity index is 1070. The Labute approximate surface area is 202 Å². The van der Waals surface area contributed by atoms with Crippen LogP contribution >= 0.6 is 15.9 Å². The van der Waals surface area contributed by atoms with Crippen molar-refractivity contribution in [3.05, 3.63) is 76.9 Å². The number of ether oxygens (including phenoxy) is 1. The van der Waals surface area contributed by atoms with E-state index in [4.69, 9.17) is 4.74 Å². The highest BCUT2D eigenvalue weighted by Crippen LogP contribution is 2.34. The van der Waals surface area contributed by atoms with Gasteiger partial charge in [-0.2, -0.15) is 0 Å². The number of carbonyl (C=O) groups is 1. The van der Waals surface area contributed by atoms with Crippen LogP contribution in [0.5, 0.6) is 5.75 Å². The highest BCUT2D eigenvalue weighted by atomic mass is 79.9. The lowest BCUT2D eigenvalue weighted by atomic mass is 10.1. The summed E-state index contributed by atoms with van der Waals surface area (Å²) in [6.45, 7) is 5.76. The fourth-order valence-corrected chi connectivity index (χ4v) is 3.56. The van der Waals surface area contributed by atoms with Gasteiger partial charge < -0.3 is 14.7 Å². The Hall–Kier alpha value is -3.26. The van der Waals surface area contributed by atoms with Crippen LogP contribution in [0, 0.1) is 0 Å². The van der Waals surface area contributed by atoms with E-state index in [0.29, 0.717) is 30.1 Å². The molecule has 1 N–H and O–H groups in total. The Kier molecular flexibility index (Phi) is 8.95. The third-order valence-corrected chi connectivity index (χ3v) is 5.60. The molecule has 0 amide bonds. The van der Waals surface area contributed by atoms with Crippen molar-refractivity contribution >= 4 is 39.1 Å². The zero-order valence-corrected chi connectivity index (χ0v) is 20.3. The lowest BCUT2D eigenvalue weighted by Crippen LogP contribution is -2.28. The van der Waals surface area contributed by atoms with Crippen molar-refractivity contribution < 1.29 is 14.6 Å². The van der Waals surface area contributed by atoms with E-state index in [1.807, 2.05) is 48.5 Å². The maximum atomic E-state index is 12.0. The monoisotopic (exact) mass is 510 g/mol. The molecule has 0 radical (unpaired) electrons. The molecule has 8 heteroatoms. The molecule has 2 aromatic carbocycles. The molecular formula is C25H27BrN4O3. The summed E-state index contributed by atoms with van der Waals surface area (Å²) in [7, 11) is 0. The van der Waals surface area contributed by atoms with Gasteiger partial charge in [0.15, 0.2) is 11.9 Å². The predicted molar refractivity (Wildman–Crippen MR) is 133 cm³/mol. The number of hydrogen-bond donors (Lipinski definition) is 1. The molecule has 1 heterocycles. The number of halogens is 1. The fourth-order valence-electron chi connectivity index (χ4n) is 3.33. The van der Waals surface area contributed by atoms with E-state index in [9.17, 15) is 9.90 Å². The lowest BCUT2D eigenvalue weighted by Gasteiger charge is -2.23. The summed E-state index contributed by atoms with van der Waals surface area (Å²) in [6, 6.07) is 18.9. The molecule has 3 aromatic rings. The number of pyridine rings is 1. The minimum Gasteiger partial charge on any atom is -0.479 e. The van der Waals surface area contributed by atoms with E-state index in [1.165, 1.54) is 0 Å². The van der Waals surface area contributed by atoms with Crippen LogP contribution in [0.15, 0.2) is 81.6 Å². The van der Waals surface area contributed by atoms with Crippen molar-refractivity contribution in [2.75, 3.05) is 18.0 Å². The summed E-state index contributed by atoms with van der Waals surface area (Å²) in [5, 5.41) is 18.3. The lowest BCUT2D eigenvalue weighted by molar-refractivity contribution is -0.145. The number of hydrogen-bond acceptors (Lipinski definition) is 6. The average Bonchev–Trinajstić information content (AvgIpc) is 2.83. The maximum Gasteiger partial charge on any atom is 0.344 e. The van der Waals surface area contributed by atoms with Gasteiger partial charge in [0, 0.05) is 35.5 Å². The highest BCUT2D eigenvalue weighted by Gasteiger charge is 2.22. The van der Waals surface area contributed by atoms with E-state index in [0.717, 1.165) is 28.8 Å². The van der Waals surface area contributed by atoms with E-state index >= 15 is 0 Å². The van der Waals surface area contributed by atoms with E-state index in [1.54, 1.807) is 18.3 Å². The van der Waals surface area contributed by atoms with Crippen LogP contribution < -0.4 is 9.64 Å². The van der Waals surface area contributed by atoms with Gasteiger partial charge in [-0.25, -0.2) is 9.78 Å². The zero-order valence-electron chi connectivity index (χ0n) is 18.7. The molecule has 0 spiro atoms. The number of aryl methyl sites for hydroxylation is 1. The molecule has 0 aliphatic heterocycles. The SMILES string of the molecule is CCN(CC)c1ccc(N=Nc2ccc(Br)cn2)c(OC(CCc2ccccc2)C(=O)O)c1. The van der Waals surface area contributed by atoms with Gasteiger partial charge in [0.25, 0.3) is 0 Å². The van der Waals surface area contributed by atoms with E-state index in [-0.39, 0.29) is 0 Å². The summed E-state index contributed by atoms with van der Waals surface area (Å²) in [5.74, 6) is -0.201. The van der Waals surface area contributed by atoms with E-state index < -0.39 is 12.1 Å². The van der Waals surface area contributed by atoms with Gasteiger partial charge in [0.1, 0.15) is 11.4 Å². The molecule has 0 fully saturated rings. The first kappa shape index (κ1) is 24.4. The van der Waals surface area contributed by atoms with Crippen LogP contribution in [0.4, 0.5) is 17.2 Å². The number of carboxylic acids is 1. The van der Waals surface area contributed by atoms with Gasteiger partial charge in [-0.1, -0.05) is 30.3 Å². The molecule has 172 valence electrons. The van der Waals surface area contributed by atoms with Crippen LogP contribution in [0.3, 0.4) is 0 Å². The van der Waals surface area contributed by atoms with Crippen LogP contribution in [0.1, 0.15) is 25.8 Å². The van der Waals surface area contributed by atoms with Crippen molar-refractivity contribution in [2.24, 2.45) is 10.2 Å². The molecule has 1 unspecified atom stereocenters. The van der Waals surface area contributed by atoms with Crippen LogP contribution in [-0.4, -0.2) is 35.3 Å². The fraction of sp³-hybridized carbons (Fsp3) is 0.280. The van der Waals surface area contributed by atoms with Crippen LogP contribution in [0.25, 0.3) is 0 Å². The summed E-state index contributed by atoms with van der Waals surface area (Å²) in [4.78, 5) is 18.3. The first-order valence-corrected chi connectivity index (χ1v) is 11.6. The standard InChI is InChI=1S/C25H27BrN4O3/c1-3-30(4-2)20-12-13-21(28-29-24-15-11-19(26)17-27-24)23(16-20)33-22(25(31)32)14-10-18-8-6-5-7-9-18/h5-9,11-13,15-17,22H,3-4,10,14H2,1-2H3,(H,31,32). The molecule has 3 rings (SSSR count). The molecule has 0 aliphatic rings. The second-order valence-corrected chi connectivity index (χ2v) is 8.24. The second kappa shape index (κ2) is 12.1. The minimum atomic E-state index is -1.02. The zero-order chi connectivity index (χ0) is 23.6. The third kappa shape index (κ3) is 7.12. The van der Waals surface area contributed by atoms with Crippen LogP contribution in [0.2, 0.25) is 0 Å². The normalized spacial score (nSPS) is 12.0. The number of anilines is 1. The maximum absolute atomic E-state index is 12.0. The van der Waals surface area contributed by atoms with Gasteiger partial charge >= 0.3 is 5.97 Å². The van der Waals surface area contributed by atoms with Gasteiger partial charge in [-0.15, -0.1) is 10.2 Å². The molecule has 0 bridgehead atoms. The Balaban J connectivity index is 1.88. The quantitative estimate of drug-likeness (QED) is 0.294. The van der Waals surface area contributed by atoms with Gasteiger partial charge in [-0.3, -0.25) is 0 Å². The van der Waals surface area contributed by atoms with Gasteiger partial charge in [0.2, 0.25) is 0 Å². The molecular weight excluding hydrogens is 484 g/mol. The summed E-state index contributed by atoms with van der Waals surface area (Å²) in [5.41, 5.74) is 2.44. The number of azo groups is 1. The van der Waals surface area contributed by atoms with Crippen molar-refractivity contribution in [3.63, 3.8) is 0 Å². The molecule has 0 aliphatic carbocycles. The van der Waals surface area contributed by atoms with Crippen molar-refractivity contribution in [1.82, 2.24) is 4.98 Å². The van der Waals surface area contributed by atoms with Crippen molar-refractivity contribution in [2.45, 2.75) is 32.8 Å². The predicted octanol–water partition coefficient (Wildman–Crippen LogP) is 6.57. The van der Waals surface area contributed by atoms with Crippen molar-refractivity contribution in [3.8, 4) is 5.75 Å². The number of aromatic nitrogens is 1. The molecule has 1 atom stereocenters.